The first-order chi connectivity index (χ1) is 10.2. The zero-order valence-electron chi connectivity index (χ0n) is 13.0. The first kappa shape index (κ1) is 15.3. The minimum absolute atomic E-state index is 0.0158. The molecule has 0 radical (unpaired) electrons. The molecule has 1 aliphatic carbocycles. The summed E-state index contributed by atoms with van der Waals surface area (Å²) in [6, 6.07) is 4.85. The lowest BCUT2D eigenvalue weighted by Crippen LogP contribution is -2.60. The van der Waals surface area contributed by atoms with Crippen LogP contribution in [0.1, 0.15) is 32.8 Å². The minimum Gasteiger partial charge on any atom is -0.444 e. The van der Waals surface area contributed by atoms with E-state index in [2.05, 4.69) is 6.08 Å². The molecule has 22 heavy (non-hydrogen) atoms. The number of rotatable bonds is 1. The maximum atomic E-state index is 13.5. The smallest absolute Gasteiger partial charge is 0.410 e. The Morgan fingerprint density at radius 2 is 2.00 bits per heavy atom. The van der Waals surface area contributed by atoms with E-state index in [-0.39, 0.29) is 16.5 Å². The molecule has 5 heteroatoms. The molecule has 3 rings (SSSR count). The van der Waals surface area contributed by atoms with E-state index in [0.717, 1.165) is 17.6 Å². The Bertz CT molecular complexity index is 657. The average Bonchev–Trinajstić information content (AvgIpc) is 2.28. The van der Waals surface area contributed by atoms with Crippen molar-refractivity contribution < 1.29 is 13.9 Å². The largest absolute Gasteiger partial charge is 0.444 e. The van der Waals surface area contributed by atoms with E-state index in [1.165, 1.54) is 6.07 Å². The lowest BCUT2D eigenvalue weighted by Gasteiger charge is -2.53. The van der Waals surface area contributed by atoms with Gasteiger partial charge in [0.15, 0.2) is 0 Å². The number of benzene rings is 1. The first-order valence-electron chi connectivity index (χ1n) is 7.33. The van der Waals surface area contributed by atoms with Crippen molar-refractivity contribution in [1.29, 1.82) is 0 Å². The van der Waals surface area contributed by atoms with Crippen LogP contribution in [0, 0.1) is 11.2 Å². The van der Waals surface area contributed by atoms with Gasteiger partial charge in [-0.3, -0.25) is 0 Å². The maximum Gasteiger partial charge on any atom is 0.410 e. The van der Waals surface area contributed by atoms with Crippen LogP contribution in [0.5, 0.6) is 0 Å². The molecule has 0 saturated carbocycles. The predicted molar refractivity (Wildman–Crippen MR) is 84.2 cm³/mol. The molecule has 1 spiro atoms. The molecule has 1 fully saturated rings. The standard InChI is InChI=1S/C17H19ClFNO2/c1-16(2,3)22-15(21)20-9-17(10-20)7-11(8-17)12-5-4-6-13(19)14(12)18/h4-7H,8-10H2,1-3H3. The normalized spacial score (nSPS) is 19.3. The van der Waals surface area contributed by atoms with E-state index in [1.807, 2.05) is 26.8 Å². The highest BCUT2D eigenvalue weighted by molar-refractivity contribution is 6.32. The first-order valence-corrected chi connectivity index (χ1v) is 7.71. The van der Waals surface area contributed by atoms with Crippen LogP contribution in [-0.4, -0.2) is 29.7 Å². The second-order valence-corrected chi connectivity index (χ2v) is 7.52. The number of allylic oxidation sites excluding steroid dienone is 1. The molecule has 0 aromatic heterocycles. The lowest BCUT2D eigenvalue weighted by molar-refractivity contribution is -0.0207. The zero-order valence-corrected chi connectivity index (χ0v) is 13.7. The van der Waals surface area contributed by atoms with Crippen molar-refractivity contribution in [2.24, 2.45) is 5.41 Å². The van der Waals surface area contributed by atoms with Gasteiger partial charge in [0, 0.05) is 18.5 Å². The van der Waals surface area contributed by atoms with E-state index in [4.69, 9.17) is 16.3 Å². The van der Waals surface area contributed by atoms with Crippen LogP contribution in [-0.2, 0) is 4.74 Å². The summed E-state index contributed by atoms with van der Waals surface area (Å²) in [5.74, 6) is -0.398. The van der Waals surface area contributed by atoms with Crippen LogP contribution in [0.2, 0.25) is 5.02 Å². The van der Waals surface area contributed by atoms with Gasteiger partial charge in [0.1, 0.15) is 11.4 Å². The third-order valence-electron chi connectivity index (χ3n) is 3.98. The fourth-order valence-corrected chi connectivity index (χ4v) is 3.26. The Labute approximate surface area is 134 Å². The van der Waals surface area contributed by atoms with Crippen LogP contribution in [0.4, 0.5) is 9.18 Å². The number of hydrogen-bond acceptors (Lipinski definition) is 2. The molecule has 0 N–H and O–H groups in total. The van der Waals surface area contributed by atoms with Gasteiger partial charge in [-0.05, 0) is 44.4 Å². The molecule has 1 heterocycles. The Balaban J connectivity index is 1.64. The number of likely N-dealkylation sites (tertiary alicyclic amines) is 1. The molecule has 1 aromatic rings. The summed E-state index contributed by atoms with van der Waals surface area (Å²) in [4.78, 5) is 13.6. The third kappa shape index (κ3) is 2.72. The van der Waals surface area contributed by atoms with Crippen LogP contribution >= 0.6 is 11.6 Å². The van der Waals surface area contributed by atoms with Gasteiger partial charge in [0.2, 0.25) is 0 Å². The van der Waals surface area contributed by atoms with Crippen molar-refractivity contribution in [3.8, 4) is 0 Å². The van der Waals surface area contributed by atoms with Crippen molar-refractivity contribution >= 4 is 23.3 Å². The van der Waals surface area contributed by atoms with Gasteiger partial charge in [-0.25, -0.2) is 9.18 Å². The van der Waals surface area contributed by atoms with Gasteiger partial charge in [-0.15, -0.1) is 0 Å². The van der Waals surface area contributed by atoms with Gasteiger partial charge in [0.05, 0.1) is 5.02 Å². The van der Waals surface area contributed by atoms with Gasteiger partial charge in [-0.2, -0.15) is 0 Å². The quantitative estimate of drug-likeness (QED) is 0.761. The van der Waals surface area contributed by atoms with Crippen molar-refractivity contribution in [2.75, 3.05) is 13.1 Å². The van der Waals surface area contributed by atoms with Gasteiger partial charge in [-0.1, -0.05) is 29.8 Å². The molecule has 1 amide bonds. The van der Waals surface area contributed by atoms with E-state index in [9.17, 15) is 9.18 Å². The SMILES string of the molecule is CC(C)(C)OC(=O)N1CC2(C=C(c3cccc(F)c3Cl)C2)C1. The Hall–Kier alpha value is -1.55. The summed E-state index contributed by atoms with van der Waals surface area (Å²) in [5, 5.41) is 0.173. The summed E-state index contributed by atoms with van der Waals surface area (Å²) in [6.07, 6.45) is 2.65. The number of amides is 1. The molecule has 2 aliphatic rings. The fraction of sp³-hybridized carbons (Fsp3) is 0.471. The molecule has 0 atom stereocenters. The van der Waals surface area contributed by atoms with E-state index < -0.39 is 11.4 Å². The number of halogens is 2. The summed E-state index contributed by atoms with van der Waals surface area (Å²) in [5.41, 5.74) is 1.34. The zero-order chi connectivity index (χ0) is 16.1. The van der Waals surface area contributed by atoms with E-state index in [0.29, 0.717) is 13.1 Å². The van der Waals surface area contributed by atoms with Crippen molar-refractivity contribution in [2.45, 2.75) is 32.8 Å². The highest BCUT2D eigenvalue weighted by atomic mass is 35.5. The fourth-order valence-electron chi connectivity index (χ4n) is 3.02. The summed E-state index contributed by atoms with van der Waals surface area (Å²) in [7, 11) is 0. The van der Waals surface area contributed by atoms with Gasteiger partial charge < -0.3 is 9.64 Å². The monoisotopic (exact) mass is 323 g/mol. The molecule has 0 unspecified atom stereocenters. The maximum absolute atomic E-state index is 13.5. The van der Waals surface area contributed by atoms with Crippen LogP contribution in [0.15, 0.2) is 24.3 Å². The average molecular weight is 324 g/mol. The van der Waals surface area contributed by atoms with E-state index >= 15 is 0 Å². The Morgan fingerprint density at radius 3 is 2.59 bits per heavy atom. The topological polar surface area (TPSA) is 29.5 Å². The number of nitrogens with zero attached hydrogens (tertiary/aromatic N) is 1. The van der Waals surface area contributed by atoms with Gasteiger partial charge in [0.25, 0.3) is 0 Å². The number of carbonyl (C=O) groups excluding carboxylic acids is 1. The highest BCUT2D eigenvalue weighted by Crippen LogP contribution is 2.51. The molecular formula is C17H19ClFNO2. The highest BCUT2D eigenvalue weighted by Gasteiger charge is 2.50. The molecular weight excluding hydrogens is 305 g/mol. The lowest BCUT2D eigenvalue weighted by atomic mass is 9.64. The molecule has 3 nitrogen and oxygen atoms in total. The van der Waals surface area contributed by atoms with Crippen molar-refractivity contribution in [3.63, 3.8) is 0 Å². The number of hydrogen-bond donors (Lipinski definition) is 0. The van der Waals surface area contributed by atoms with Crippen molar-refractivity contribution in [3.05, 3.63) is 40.7 Å². The second-order valence-electron chi connectivity index (χ2n) is 7.15. The summed E-state index contributed by atoms with van der Waals surface area (Å²) >= 11 is 6.01. The molecule has 1 aliphatic heterocycles. The number of ether oxygens (including phenoxy) is 1. The molecule has 1 saturated heterocycles. The summed E-state index contributed by atoms with van der Waals surface area (Å²) in [6.45, 7) is 6.87. The Morgan fingerprint density at radius 1 is 1.36 bits per heavy atom. The molecule has 1 aromatic carbocycles. The third-order valence-corrected chi connectivity index (χ3v) is 4.37. The molecule has 0 bridgehead atoms. The molecule has 118 valence electrons. The predicted octanol–water partition coefficient (Wildman–Crippen LogP) is 4.50. The summed E-state index contributed by atoms with van der Waals surface area (Å²) < 4.78 is 18.8. The second kappa shape index (κ2) is 4.98. The van der Waals surface area contributed by atoms with Crippen molar-refractivity contribution in [1.82, 2.24) is 4.90 Å². The minimum atomic E-state index is -0.477. The van der Waals surface area contributed by atoms with Gasteiger partial charge >= 0.3 is 6.09 Å². The van der Waals surface area contributed by atoms with Crippen LogP contribution < -0.4 is 0 Å². The van der Waals surface area contributed by atoms with E-state index in [1.54, 1.807) is 11.0 Å². The van der Waals surface area contributed by atoms with Crippen LogP contribution in [0.3, 0.4) is 0 Å². The van der Waals surface area contributed by atoms with Crippen LogP contribution in [0.25, 0.3) is 5.57 Å². The Kier molecular flexibility index (Phi) is 3.48. The number of carbonyl (C=O) groups is 1.